The number of rotatable bonds is 2. The van der Waals surface area contributed by atoms with Crippen LogP contribution in [0.5, 0.6) is 5.75 Å². The van der Waals surface area contributed by atoms with E-state index in [-0.39, 0.29) is 38.7 Å². The predicted molar refractivity (Wildman–Crippen MR) is 141 cm³/mol. The lowest BCUT2D eigenvalue weighted by Gasteiger charge is -2.50. The SMILES string of the molecule is Cc1cc(C2C3=CCC4C(=O)N(C(N)=O)C(=O)C4C3CC3(Cl)C(=O)N(c4c(F)c(F)c(F)c(F)c4F)C(=O)C23Cl)ccc1O. The van der Waals surface area contributed by atoms with Gasteiger partial charge in [-0.15, -0.1) is 23.2 Å². The van der Waals surface area contributed by atoms with Crippen molar-refractivity contribution in [2.75, 3.05) is 4.90 Å². The summed E-state index contributed by atoms with van der Waals surface area (Å²) in [7, 11) is 0. The molecule has 2 aliphatic heterocycles. The van der Waals surface area contributed by atoms with Crippen LogP contribution in [0.2, 0.25) is 0 Å². The van der Waals surface area contributed by atoms with Crippen LogP contribution < -0.4 is 10.6 Å². The van der Waals surface area contributed by atoms with Crippen LogP contribution in [0.1, 0.15) is 29.9 Å². The molecule has 1 saturated carbocycles. The van der Waals surface area contributed by atoms with E-state index in [9.17, 15) is 42.3 Å². The molecule has 0 spiro atoms. The largest absolute Gasteiger partial charge is 0.508 e. The molecule has 44 heavy (non-hydrogen) atoms. The van der Waals surface area contributed by atoms with Crippen molar-refractivity contribution in [1.82, 2.24) is 4.90 Å². The molecule has 3 N–H and O–H groups in total. The number of hydrogen-bond acceptors (Lipinski definition) is 6. The highest BCUT2D eigenvalue weighted by molar-refractivity contribution is 6.58. The van der Waals surface area contributed by atoms with Gasteiger partial charge in [-0.3, -0.25) is 19.2 Å². The van der Waals surface area contributed by atoms with Crippen LogP contribution in [0.25, 0.3) is 0 Å². The zero-order valence-corrected chi connectivity index (χ0v) is 23.7. The molecule has 9 nitrogen and oxygen atoms in total. The number of benzene rings is 2. The number of urea groups is 1. The van der Waals surface area contributed by atoms with Crippen LogP contribution in [0.3, 0.4) is 0 Å². The number of alkyl halides is 2. The predicted octanol–water partition coefficient (Wildman–Crippen LogP) is 4.04. The Morgan fingerprint density at radius 2 is 1.52 bits per heavy atom. The maximum absolute atomic E-state index is 15.0. The van der Waals surface area contributed by atoms with Crippen LogP contribution in [0.15, 0.2) is 29.8 Å². The zero-order valence-electron chi connectivity index (χ0n) is 22.1. The van der Waals surface area contributed by atoms with Crippen LogP contribution in [-0.2, 0) is 19.2 Å². The third-order valence-corrected chi connectivity index (χ3v) is 10.4. The molecule has 0 bridgehead atoms. The van der Waals surface area contributed by atoms with Crippen molar-refractivity contribution in [3.63, 3.8) is 0 Å². The first-order valence-electron chi connectivity index (χ1n) is 13.0. The molecular formula is C28H18Cl2F5N3O6. The third-order valence-electron chi connectivity index (χ3n) is 9.00. The van der Waals surface area contributed by atoms with Crippen molar-refractivity contribution in [2.45, 2.75) is 35.4 Å². The molecule has 0 aromatic heterocycles. The smallest absolute Gasteiger partial charge is 0.328 e. The average Bonchev–Trinajstić information content (AvgIpc) is 3.31. The van der Waals surface area contributed by atoms with Gasteiger partial charge in [0.15, 0.2) is 33.0 Å². The van der Waals surface area contributed by atoms with Gasteiger partial charge in [-0.25, -0.2) is 31.6 Å². The van der Waals surface area contributed by atoms with Gasteiger partial charge in [0.2, 0.25) is 17.6 Å². The van der Waals surface area contributed by atoms with Crippen molar-refractivity contribution >= 4 is 58.5 Å². The molecule has 3 fully saturated rings. The molecule has 6 rings (SSSR count). The number of allylic oxidation sites excluding steroid dienone is 2. The summed E-state index contributed by atoms with van der Waals surface area (Å²) >= 11 is 13.9. The number of nitrogens with two attached hydrogens (primary N) is 1. The Kier molecular flexibility index (Phi) is 6.46. The van der Waals surface area contributed by atoms with Gasteiger partial charge in [0.05, 0.1) is 11.8 Å². The van der Waals surface area contributed by atoms with Crippen molar-refractivity contribution in [1.29, 1.82) is 0 Å². The molecule has 16 heteroatoms. The molecule has 6 amide bonds. The average molecular weight is 658 g/mol. The monoisotopic (exact) mass is 657 g/mol. The number of carbonyl (C=O) groups excluding carboxylic acids is 5. The fraction of sp³-hybridized carbons (Fsp3) is 0.321. The summed E-state index contributed by atoms with van der Waals surface area (Å²) < 4.78 is 72.4. The van der Waals surface area contributed by atoms with Crippen molar-refractivity contribution in [3.8, 4) is 5.75 Å². The molecule has 2 aliphatic carbocycles. The van der Waals surface area contributed by atoms with Gasteiger partial charge in [-0.05, 0) is 42.9 Å². The van der Waals surface area contributed by atoms with E-state index in [4.69, 9.17) is 28.9 Å². The Morgan fingerprint density at radius 3 is 2.09 bits per heavy atom. The summed E-state index contributed by atoms with van der Waals surface area (Å²) in [5.74, 6) is -22.9. The number of aryl methyl sites for hydroxylation is 1. The van der Waals surface area contributed by atoms with Gasteiger partial charge in [0.1, 0.15) is 11.4 Å². The number of fused-ring (bicyclic) bond motifs is 4. The maximum Gasteiger partial charge on any atom is 0.328 e. The van der Waals surface area contributed by atoms with E-state index >= 15 is 8.78 Å². The number of imide groups is 4. The lowest BCUT2D eigenvalue weighted by molar-refractivity contribution is -0.136. The van der Waals surface area contributed by atoms with Crippen molar-refractivity contribution in [3.05, 3.63) is 70.1 Å². The summed E-state index contributed by atoms with van der Waals surface area (Å²) in [6.07, 6.45) is 0.596. The summed E-state index contributed by atoms with van der Waals surface area (Å²) in [5.41, 5.74) is 3.93. The van der Waals surface area contributed by atoms with Crippen LogP contribution in [0, 0.1) is 53.8 Å². The normalized spacial score (nSPS) is 31.2. The van der Waals surface area contributed by atoms with Crippen molar-refractivity contribution < 1.29 is 51.0 Å². The molecule has 4 aliphatic rings. The second-order valence-corrected chi connectivity index (χ2v) is 12.3. The first kappa shape index (κ1) is 30.0. The zero-order chi connectivity index (χ0) is 32.4. The minimum absolute atomic E-state index is 0.124. The molecule has 0 radical (unpaired) electrons. The summed E-state index contributed by atoms with van der Waals surface area (Å²) in [4.78, 5) is 61.0. The molecular weight excluding hydrogens is 640 g/mol. The molecule has 2 aromatic carbocycles. The van der Waals surface area contributed by atoms with E-state index in [1.54, 1.807) is 0 Å². The number of primary amides is 1. The molecule has 2 aromatic rings. The summed E-state index contributed by atoms with van der Waals surface area (Å²) in [5, 5.41) is 10.1. The van der Waals surface area contributed by atoms with Gasteiger partial charge in [0.25, 0.3) is 11.8 Å². The Morgan fingerprint density at radius 1 is 0.932 bits per heavy atom. The van der Waals surface area contributed by atoms with E-state index in [0.717, 1.165) is 0 Å². The van der Waals surface area contributed by atoms with Crippen LogP contribution in [-0.4, -0.2) is 49.4 Å². The first-order valence-corrected chi connectivity index (χ1v) is 13.7. The standard InChI is InChI=1S/C28H18Cl2F5N3O6/c1-8-6-9(2-5-13(8)39)15-10-3-4-11-14(23(41)38(22(11)40)26(36)44)12(10)7-27(29)24(42)37(25(43)28(15,27)30)21-19(34)17(32)16(31)18(33)20(21)35/h2-3,5-6,11-12,14-15,39H,4,7H2,1H3,(H2,36,44). The fourth-order valence-electron chi connectivity index (χ4n) is 7.02. The van der Waals surface area contributed by atoms with E-state index in [0.29, 0.717) is 0 Å². The summed E-state index contributed by atoms with van der Waals surface area (Å²) in [6, 6.07) is 2.54. The van der Waals surface area contributed by atoms with Gasteiger partial charge in [0, 0.05) is 5.92 Å². The number of amides is 6. The Bertz CT molecular complexity index is 1780. The number of anilines is 1. The second-order valence-electron chi connectivity index (χ2n) is 11.1. The van der Waals surface area contributed by atoms with E-state index in [2.05, 4.69) is 0 Å². The van der Waals surface area contributed by atoms with E-state index in [1.807, 2.05) is 0 Å². The minimum atomic E-state index is -2.70. The van der Waals surface area contributed by atoms with Crippen LogP contribution in [0.4, 0.5) is 32.4 Å². The number of aromatic hydroxyl groups is 1. The molecule has 6 atom stereocenters. The topological polar surface area (TPSA) is 138 Å². The molecule has 230 valence electrons. The molecule has 2 saturated heterocycles. The lowest BCUT2D eigenvalue weighted by Crippen LogP contribution is -2.60. The molecule has 2 heterocycles. The Hall–Kier alpha value is -4.04. The van der Waals surface area contributed by atoms with E-state index < -0.39 is 104 Å². The second kappa shape index (κ2) is 9.48. The number of nitrogens with zero attached hydrogens (tertiary/aromatic N) is 2. The highest BCUT2D eigenvalue weighted by Crippen LogP contribution is 2.66. The fourth-order valence-corrected chi connectivity index (χ4v) is 7.95. The highest BCUT2D eigenvalue weighted by Gasteiger charge is 2.77. The maximum atomic E-state index is 15.0. The van der Waals surface area contributed by atoms with Gasteiger partial charge in [-0.1, -0.05) is 23.8 Å². The number of hydrogen-bond donors (Lipinski definition) is 2. The minimum Gasteiger partial charge on any atom is -0.508 e. The van der Waals surface area contributed by atoms with E-state index in [1.165, 1.54) is 31.2 Å². The van der Waals surface area contributed by atoms with Gasteiger partial charge < -0.3 is 10.8 Å². The Balaban J connectivity index is 1.61. The molecule has 6 unspecified atom stereocenters. The number of phenols is 1. The number of likely N-dealkylation sites (tertiary alicyclic amines) is 1. The number of carbonyl (C=O) groups is 5. The summed E-state index contributed by atoms with van der Waals surface area (Å²) in [6.45, 7) is 1.48. The van der Waals surface area contributed by atoms with Gasteiger partial charge in [-0.2, -0.15) is 4.90 Å². The third kappa shape index (κ3) is 3.49. The van der Waals surface area contributed by atoms with Crippen molar-refractivity contribution in [2.24, 2.45) is 23.5 Å². The Labute approximate surface area is 254 Å². The lowest BCUT2D eigenvalue weighted by atomic mass is 9.56. The van der Waals surface area contributed by atoms with Crippen LogP contribution >= 0.6 is 23.2 Å². The highest BCUT2D eigenvalue weighted by atomic mass is 35.5. The van der Waals surface area contributed by atoms with Gasteiger partial charge >= 0.3 is 6.03 Å². The quantitative estimate of drug-likeness (QED) is 0.125. The number of halogens is 7. The number of phenolic OH excluding ortho intramolecular Hbond substituents is 1. The first-order chi connectivity index (χ1) is 20.5.